The predicted molar refractivity (Wildman–Crippen MR) is 119 cm³/mol. The van der Waals surface area contributed by atoms with E-state index >= 15 is 0 Å². The molecule has 1 saturated heterocycles. The molecule has 2 aromatic rings. The second-order valence-corrected chi connectivity index (χ2v) is 9.87. The minimum Gasteiger partial charge on any atom is -1.00 e. The molecule has 1 aromatic heterocycles. The van der Waals surface area contributed by atoms with E-state index in [1.807, 2.05) is 16.7 Å². The number of piperidine rings is 1. The van der Waals surface area contributed by atoms with Crippen molar-refractivity contribution >= 4 is 21.8 Å². The molecule has 3 rings (SSSR count). The number of alkyl halides is 3. The monoisotopic (exact) mass is 511 g/mol. The standard InChI is InChI=1S/C21H28F3N5O3S.Na.H/c1-4-15-8-16(10-17(9-15)21(22,23)24)11-20(30)26-33(31,32)29(19-12-25-28(3)14-19)18-6-5-7-27(2)13-18;;/h8-10,12,14,18H,4-7,11,13H2,1-3H3,(H,26,30);;/q;+1;-1. The summed E-state index contributed by atoms with van der Waals surface area (Å²) in [6.45, 7) is 3.01. The summed E-state index contributed by atoms with van der Waals surface area (Å²) in [5.41, 5.74) is -0.0439. The van der Waals surface area contributed by atoms with Crippen molar-refractivity contribution in [3.63, 3.8) is 0 Å². The van der Waals surface area contributed by atoms with Gasteiger partial charge in [-0.25, -0.2) is 9.03 Å². The van der Waals surface area contributed by atoms with E-state index in [1.54, 1.807) is 20.2 Å². The Labute approximate surface area is 221 Å². The fourth-order valence-electron chi connectivity index (χ4n) is 4.05. The van der Waals surface area contributed by atoms with Gasteiger partial charge >= 0.3 is 45.9 Å². The molecule has 8 nitrogen and oxygen atoms in total. The number of nitrogens with zero attached hydrogens (tertiary/aromatic N) is 4. The van der Waals surface area contributed by atoms with Gasteiger partial charge in [0, 0.05) is 19.8 Å². The third kappa shape index (κ3) is 7.20. The fraction of sp³-hybridized carbons (Fsp3) is 0.524. The maximum absolute atomic E-state index is 13.3. The minimum absolute atomic E-state index is 0. The van der Waals surface area contributed by atoms with Crippen LogP contribution in [-0.2, 0) is 41.1 Å². The molecule has 0 aliphatic carbocycles. The molecule has 184 valence electrons. The number of aryl methyl sites for hydroxylation is 2. The Hall–Kier alpha value is -1.60. The minimum atomic E-state index is -4.56. The van der Waals surface area contributed by atoms with E-state index in [0.717, 1.165) is 29.4 Å². The number of likely N-dealkylation sites (N-methyl/N-ethyl adjacent to an activating group) is 1. The summed E-state index contributed by atoms with van der Waals surface area (Å²) in [6, 6.07) is 2.97. The number of aromatic nitrogens is 2. The first-order chi connectivity index (χ1) is 15.4. The third-order valence-electron chi connectivity index (χ3n) is 5.53. The molecule has 13 heteroatoms. The predicted octanol–water partition coefficient (Wildman–Crippen LogP) is -0.378. The number of benzene rings is 1. The summed E-state index contributed by atoms with van der Waals surface area (Å²) < 4.78 is 70.8. The third-order valence-corrected chi connectivity index (χ3v) is 7.04. The molecule has 0 radical (unpaired) electrons. The van der Waals surface area contributed by atoms with Crippen molar-refractivity contribution in [2.45, 2.75) is 44.8 Å². The van der Waals surface area contributed by atoms with Crippen molar-refractivity contribution in [1.29, 1.82) is 0 Å². The molecule has 1 amide bonds. The van der Waals surface area contributed by atoms with Gasteiger partial charge in [-0.2, -0.15) is 26.7 Å². The second-order valence-electron chi connectivity index (χ2n) is 8.32. The van der Waals surface area contributed by atoms with Gasteiger partial charge in [0.2, 0.25) is 5.91 Å². The van der Waals surface area contributed by atoms with Crippen molar-refractivity contribution in [3.8, 4) is 0 Å². The van der Waals surface area contributed by atoms with Crippen molar-refractivity contribution < 1.29 is 57.4 Å². The summed E-state index contributed by atoms with van der Waals surface area (Å²) >= 11 is 0. The fourth-order valence-corrected chi connectivity index (χ4v) is 5.44. The molecule has 1 atom stereocenters. The van der Waals surface area contributed by atoms with Gasteiger partial charge in [-0.05, 0) is 56.1 Å². The van der Waals surface area contributed by atoms with E-state index in [0.29, 0.717) is 30.6 Å². The van der Waals surface area contributed by atoms with E-state index in [4.69, 9.17) is 0 Å². The van der Waals surface area contributed by atoms with Gasteiger partial charge in [0.15, 0.2) is 0 Å². The maximum atomic E-state index is 13.3. The zero-order valence-electron chi connectivity index (χ0n) is 20.8. The Bertz CT molecular complexity index is 1110. The van der Waals surface area contributed by atoms with Crippen LogP contribution in [0.4, 0.5) is 18.9 Å². The van der Waals surface area contributed by atoms with Crippen LogP contribution in [0.2, 0.25) is 0 Å². The molecular formula is C21H29F3N5NaO3S. The van der Waals surface area contributed by atoms with Gasteiger partial charge in [0.05, 0.1) is 29.9 Å². The van der Waals surface area contributed by atoms with Gasteiger partial charge in [-0.1, -0.05) is 13.0 Å². The van der Waals surface area contributed by atoms with Crippen LogP contribution in [0.15, 0.2) is 30.6 Å². The zero-order valence-corrected chi connectivity index (χ0v) is 22.6. The molecular weight excluding hydrogens is 482 g/mol. The Kier molecular flexibility index (Phi) is 9.62. The van der Waals surface area contributed by atoms with Crippen LogP contribution >= 0.6 is 0 Å². The molecule has 1 aromatic carbocycles. The number of hydrogen-bond acceptors (Lipinski definition) is 5. The molecule has 34 heavy (non-hydrogen) atoms. The zero-order chi connectivity index (χ0) is 24.4. The number of rotatable bonds is 7. The largest absolute Gasteiger partial charge is 1.00 e. The number of nitrogens with one attached hydrogen (secondary N) is 1. The molecule has 1 N–H and O–H groups in total. The molecule has 1 fully saturated rings. The van der Waals surface area contributed by atoms with Crippen LogP contribution in [0.3, 0.4) is 0 Å². The van der Waals surface area contributed by atoms with Crippen LogP contribution in [0.1, 0.15) is 37.9 Å². The number of carbonyl (C=O) groups is 1. The first-order valence-corrected chi connectivity index (χ1v) is 12.0. The van der Waals surface area contributed by atoms with E-state index in [-0.39, 0.29) is 36.5 Å². The van der Waals surface area contributed by atoms with Crippen LogP contribution in [0.25, 0.3) is 0 Å². The average Bonchev–Trinajstić information content (AvgIpc) is 3.11. The Morgan fingerprint density at radius 2 is 1.94 bits per heavy atom. The molecule has 0 spiro atoms. The normalized spacial score (nSPS) is 17.2. The van der Waals surface area contributed by atoms with Gasteiger partial charge < -0.3 is 6.33 Å². The van der Waals surface area contributed by atoms with E-state index in [1.165, 1.54) is 16.9 Å². The van der Waals surface area contributed by atoms with Gasteiger partial charge in [-0.3, -0.25) is 9.48 Å². The van der Waals surface area contributed by atoms with Crippen LogP contribution < -0.4 is 38.6 Å². The molecule has 0 bridgehead atoms. The summed E-state index contributed by atoms with van der Waals surface area (Å²) in [5.74, 6) is -0.908. The summed E-state index contributed by atoms with van der Waals surface area (Å²) in [4.78, 5) is 14.7. The SMILES string of the molecule is CCc1cc(CC(=O)NS(=O)(=O)N(c2cnn(C)c2)C2CCCN(C)C2)cc(C(F)(F)F)c1.[H-].[Na+]. The average molecular weight is 512 g/mol. The number of carbonyl (C=O) groups excluding carboxylic acids is 1. The number of hydrogen-bond donors (Lipinski definition) is 1. The first-order valence-electron chi connectivity index (χ1n) is 10.6. The molecule has 1 unspecified atom stereocenters. The van der Waals surface area contributed by atoms with Gasteiger partial charge in [-0.15, -0.1) is 0 Å². The molecule has 1 aliphatic heterocycles. The summed E-state index contributed by atoms with van der Waals surface area (Å²) in [7, 11) is -0.789. The first kappa shape index (κ1) is 28.6. The number of anilines is 1. The topological polar surface area (TPSA) is 87.5 Å². The number of likely N-dealkylation sites (tertiary alicyclic amines) is 1. The van der Waals surface area contributed by atoms with Crippen molar-refractivity contribution in [2.24, 2.45) is 7.05 Å². The smallest absolute Gasteiger partial charge is 1.00 e. The summed E-state index contributed by atoms with van der Waals surface area (Å²) in [6.07, 6.45) is -0.389. The van der Waals surface area contributed by atoms with E-state index in [2.05, 4.69) is 5.10 Å². The number of halogens is 3. The Morgan fingerprint density at radius 1 is 1.26 bits per heavy atom. The second kappa shape index (κ2) is 11.4. The summed E-state index contributed by atoms with van der Waals surface area (Å²) in [5, 5.41) is 4.04. The molecule has 1 aliphatic rings. The van der Waals surface area contributed by atoms with E-state index in [9.17, 15) is 26.4 Å². The van der Waals surface area contributed by atoms with Gasteiger partial charge in [0.25, 0.3) is 0 Å². The van der Waals surface area contributed by atoms with E-state index < -0.39 is 40.3 Å². The quantitative estimate of drug-likeness (QED) is 0.513. The number of amides is 1. The maximum Gasteiger partial charge on any atom is 1.00 e. The molecule has 0 saturated carbocycles. The van der Waals surface area contributed by atoms with Crippen LogP contribution in [0.5, 0.6) is 0 Å². The van der Waals surface area contributed by atoms with Crippen LogP contribution in [-0.4, -0.2) is 55.2 Å². The van der Waals surface area contributed by atoms with Crippen molar-refractivity contribution in [1.82, 2.24) is 19.4 Å². The van der Waals surface area contributed by atoms with Crippen LogP contribution in [0, 0.1) is 0 Å². The Morgan fingerprint density at radius 3 is 2.50 bits per heavy atom. The molecule has 2 heterocycles. The van der Waals surface area contributed by atoms with Crippen molar-refractivity contribution in [3.05, 3.63) is 47.3 Å². The van der Waals surface area contributed by atoms with Crippen molar-refractivity contribution in [2.75, 3.05) is 24.4 Å². The van der Waals surface area contributed by atoms with Gasteiger partial charge in [0.1, 0.15) is 0 Å². The Balaban J connectivity index is 0.00000306.